The molecule has 20 heavy (non-hydrogen) atoms. The fourth-order valence-corrected chi connectivity index (χ4v) is 2.08. The Bertz CT molecular complexity index is 822. The van der Waals surface area contributed by atoms with Crippen molar-refractivity contribution < 1.29 is 9.13 Å². The summed E-state index contributed by atoms with van der Waals surface area (Å²) in [6.45, 7) is 0.435. The summed E-state index contributed by atoms with van der Waals surface area (Å²) in [5.41, 5.74) is 9.80. The van der Waals surface area contributed by atoms with E-state index in [1.807, 2.05) is 0 Å². The Labute approximate surface area is 113 Å². The third kappa shape index (κ3) is 2.00. The first-order valence-electron chi connectivity index (χ1n) is 6.00. The van der Waals surface area contributed by atoms with Crippen molar-refractivity contribution in [3.8, 4) is 5.88 Å². The Balaban J connectivity index is 2.11. The Morgan fingerprint density at radius 1 is 1.35 bits per heavy atom. The standard InChI is InChI=1S/C13H10FN5O/c14-9-3-1-4-10-12(9)19-7-2-5-11(19)13(17-10)20-8-6-16-18-15/h1-5,7H,6,8H2. The number of para-hydroxylation sites is 1. The molecule has 0 saturated carbocycles. The summed E-state index contributed by atoms with van der Waals surface area (Å²) in [6.07, 6.45) is 1.75. The molecule has 0 unspecified atom stereocenters. The zero-order valence-electron chi connectivity index (χ0n) is 10.4. The molecule has 7 heteroatoms. The van der Waals surface area contributed by atoms with Crippen LogP contribution in [0.5, 0.6) is 5.88 Å². The molecule has 0 bridgehead atoms. The summed E-state index contributed by atoms with van der Waals surface area (Å²) >= 11 is 0. The minimum absolute atomic E-state index is 0.215. The molecule has 0 aliphatic heterocycles. The summed E-state index contributed by atoms with van der Waals surface area (Å²) < 4.78 is 21.1. The zero-order valence-corrected chi connectivity index (χ0v) is 10.4. The number of ether oxygens (including phenoxy) is 1. The summed E-state index contributed by atoms with van der Waals surface area (Å²) in [4.78, 5) is 6.97. The maximum atomic E-state index is 13.9. The van der Waals surface area contributed by atoms with Gasteiger partial charge in [-0.2, -0.15) is 0 Å². The van der Waals surface area contributed by atoms with Gasteiger partial charge in [-0.15, -0.1) is 0 Å². The van der Waals surface area contributed by atoms with E-state index in [0.717, 1.165) is 0 Å². The summed E-state index contributed by atoms with van der Waals surface area (Å²) in [5, 5.41) is 3.39. The third-order valence-electron chi connectivity index (χ3n) is 2.89. The molecule has 0 radical (unpaired) electrons. The molecule has 0 saturated heterocycles. The highest BCUT2D eigenvalue weighted by molar-refractivity contribution is 5.81. The first-order chi connectivity index (χ1) is 9.81. The quantitative estimate of drug-likeness (QED) is 0.316. The Morgan fingerprint density at radius 2 is 2.25 bits per heavy atom. The highest BCUT2D eigenvalue weighted by atomic mass is 19.1. The van der Waals surface area contributed by atoms with Crippen molar-refractivity contribution >= 4 is 16.6 Å². The Morgan fingerprint density at radius 3 is 3.10 bits per heavy atom. The van der Waals surface area contributed by atoms with Crippen molar-refractivity contribution in [3.63, 3.8) is 0 Å². The van der Waals surface area contributed by atoms with E-state index in [9.17, 15) is 4.39 Å². The second-order valence-electron chi connectivity index (χ2n) is 4.09. The number of rotatable bonds is 4. The summed E-state index contributed by atoms with van der Waals surface area (Å²) in [7, 11) is 0. The molecule has 3 rings (SSSR count). The summed E-state index contributed by atoms with van der Waals surface area (Å²) in [5.74, 6) is 0.0538. The number of nitrogens with zero attached hydrogens (tertiary/aromatic N) is 5. The van der Waals surface area contributed by atoms with Gasteiger partial charge in [0.1, 0.15) is 16.9 Å². The van der Waals surface area contributed by atoms with Crippen LogP contribution in [0.3, 0.4) is 0 Å². The van der Waals surface area contributed by atoms with Crippen molar-refractivity contribution in [2.75, 3.05) is 13.2 Å². The van der Waals surface area contributed by atoms with Gasteiger partial charge >= 0.3 is 0 Å². The van der Waals surface area contributed by atoms with Gasteiger partial charge < -0.3 is 9.14 Å². The molecule has 0 aliphatic carbocycles. The molecular formula is C13H10FN5O. The van der Waals surface area contributed by atoms with Crippen LogP contribution in [0.2, 0.25) is 0 Å². The smallest absolute Gasteiger partial charge is 0.238 e. The third-order valence-corrected chi connectivity index (χ3v) is 2.89. The highest BCUT2D eigenvalue weighted by Gasteiger charge is 2.11. The SMILES string of the molecule is [N-]=[N+]=NCCOc1nc2cccc(F)c2n2cccc12. The van der Waals surface area contributed by atoms with E-state index in [2.05, 4.69) is 15.0 Å². The number of aromatic nitrogens is 2. The van der Waals surface area contributed by atoms with E-state index in [-0.39, 0.29) is 19.0 Å². The van der Waals surface area contributed by atoms with Crippen LogP contribution in [0, 0.1) is 5.82 Å². The lowest BCUT2D eigenvalue weighted by Gasteiger charge is -2.09. The van der Waals surface area contributed by atoms with Crippen molar-refractivity contribution in [1.82, 2.24) is 9.38 Å². The van der Waals surface area contributed by atoms with E-state index in [4.69, 9.17) is 10.3 Å². The average Bonchev–Trinajstić information content (AvgIpc) is 2.93. The number of benzene rings is 1. The number of hydrogen-bond acceptors (Lipinski definition) is 3. The van der Waals surface area contributed by atoms with Crippen LogP contribution < -0.4 is 4.74 Å². The molecule has 0 N–H and O–H groups in total. The second kappa shape index (κ2) is 5.07. The predicted molar refractivity (Wildman–Crippen MR) is 72.2 cm³/mol. The topological polar surface area (TPSA) is 75.3 Å². The van der Waals surface area contributed by atoms with Crippen molar-refractivity contribution in [1.29, 1.82) is 0 Å². The van der Waals surface area contributed by atoms with Crippen molar-refractivity contribution in [2.45, 2.75) is 0 Å². The first kappa shape index (κ1) is 12.3. The lowest BCUT2D eigenvalue weighted by molar-refractivity contribution is 0.319. The molecule has 0 atom stereocenters. The van der Waals surface area contributed by atoms with Crippen LogP contribution in [-0.4, -0.2) is 22.5 Å². The molecule has 3 aromatic rings. The van der Waals surface area contributed by atoms with Gasteiger partial charge in [-0.3, -0.25) is 0 Å². The van der Waals surface area contributed by atoms with Crippen LogP contribution in [0.15, 0.2) is 41.6 Å². The van der Waals surface area contributed by atoms with E-state index in [1.54, 1.807) is 34.9 Å². The highest BCUT2D eigenvalue weighted by Crippen LogP contribution is 2.25. The lowest BCUT2D eigenvalue weighted by Crippen LogP contribution is -2.04. The molecule has 2 aromatic heterocycles. The molecule has 100 valence electrons. The van der Waals surface area contributed by atoms with Crippen LogP contribution in [-0.2, 0) is 0 Å². The van der Waals surface area contributed by atoms with Crippen LogP contribution >= 0.6 is 0 Å². The molecule has 0 spiro atoms. The zero-order chi connectivity index (χ0) is 13.9. The lowest BCUT2D eigenvalue weighted by atomic mass is 10.3. The average molecular weight is 271 g/mol. The summed E-state index contributed by atoms with van der Waals surface area (Å²) in [6, 6.07) is 8.30. The predicted octanol–water partition coefficient (Wildman–Crippen LogP) is 3.32. The van der Waals surface area contributed by atoms with Gasteiger partial charge in [0, 0.05) is 11.1 Å². The Kier molecular flexibility index (Phi) is 3.10. The van der Waals surface area contributed by atoms with Gasteiger partial charge in [-0.05, 0) is 29.8 Å². The molecule has 0 amide bonds. The van der Waals surface area contributed by atoms with E-state index in [0.29, 0.717) is 22.4 Å². The maximum Gasteiger partial charge on any atom is 0.238 e. The molecule has 1 aromatic carbocycles. The van der Waals surface area contributed by atoms with Gasteiger partial charge in [0.2, 0.25) is 5.88 Å². The number of azide groups is 1. The van der Waals surface area contributed by atoms with Crippen LogP contribution in [0.1, 0.15) is 0 Å². The number of fused-ring (bicyclic) bond motifs is 3. The van der Waals surface area contributed by atoms with Gasteiger partial charge in [0.05, 0.1) is 18.7 Å². The van der Waals surface area contributed by atoms with Gasteiger partial charge in [0.15, 0.2) is 0 Å². The minimum Gasteiger partial charge on any atom is -0.476 e. The monoisotopic (exact) mass is 271 g/mol. The van der Waals surface area contributed by atoms with Crippen molar-refractivity contribution in [2.24, 2.45) is 5.11 Å². The van der Waals surface area contributed by atoms with Crippen LogP contribution in [0.4, 0.5) is 4.39 Å². The number of halogens is 1. The van der Waals surface area contributed by atoms with Gasteiger partial charge in [-0.1, -0.05) is 11.2 Å². The first-order valence-corrected chi connectivity index (χ1v) is 6.00. The normalized spacial score (nSPS) is 10.7. The minimum atomic E-state index is -0.336. The molecular weight excluding hydrogens is 261 g/mol. The van der Waals surface area contributed by atoms with E-state index >= 15 is 0 Å². The van der Waals surface area contributed by atoms with Crippen molar-refractivity contribution in [3.05, 3.63) is 52.8 Å². The van der Waals surface area contributed by atoms with Gasteiger partial charge in [0.25, 0.3) is 0 Å². The molecule has 6 nitrogen and oxygen atoms in total. The molecule has 0 aliphatic rings. The van der Waals surface area contributed by atoms with E-state index < -0.39 is 0 Å². The fourth-order valence-electron chi connectivity index (χ4n) is 2.08. The second-order valence-corrected chi connectivity index (χ2v) is 4.09. The Hall–Kier alpha value is -2.79. The molecule has 2 heterocycles. The van der Waals surface area contributed by atoms with E-state index in [1.165, 1.54) is 6.07 Å². The fraction of sp³-hybridized carbons (Fsp3) is 0.154. The number of hydrogen-bond donors (Lipinski definition) is 0. The maximum absolute atomic E-state index is 13.9. The molecule has 0 fully saturated rings. The van der Waals surface area contributed by atoms with Gasteiger partial charge in [-0.25, -0.2) is 9.37 Å². The van der Waals surface area contributed by atoms with Crippen LogP contribution in [0.25, 0.3) is 27.0 Å². The largest absolute Gasteiger partial charge is 0.476 e.